The molecule has 1 atom stereocenters. The highest BCUT2D eigenvalue weighted by Gasteiger charge is 2.40. The maximum absolute atomic E-state index is 13.2. The smallest absolute Gasteiger partial charge is 0.336 e. The van der Waals surface area contributed by atoms with Crippen molar-refractivity contribution < 1.29 is 19.1 Å². The topological polar surface area (TPSA) is 64.6 Å². The normalized spacial score (nSPS) is 17.8. The Morgan fingerprint density at radius 3 is 2.60 bits per heavy atom. The molecule has 0 bridgehead atoms. The fourth-order valence-electron chi connectivity index (χ4n) is 5.12. The van der Waals surface area contributed by atoms with Crippen LogP contribution in [0.25, 0.3) is 0 Å². The molecule has 0 saturated carbocycles. The van der Waals surface area contributed by atoms with Crippen molar-refractivity contribution in [3.8, 4) is 5.75 Å². The molecule has 0 spiro atoms. The summed E-state index contributed by atoms with van der Waals surface area (Å²) in [6.45, 7) is 10.4. The van der Waals surface area contributed by atoms with Crippen LogP contribution < -0.4 is 10.1 Å². The number of hydrogen-bond acceptors (Lipinski definition) is 5. The molecule has 2 aromatic carbocycles. The van der Waals surface area contributed by atoms with E-state index in [-0.39, 0.29) is 18.4 Å². The van der Waals surface area contributed by atoms with Gasteiger partial charge in [0.05, 0.1) is 12.2 Å². The van der Waals surface area contributed by atoms with Crippen LogP contribution in [-0.4, -0.2) is 18.4 Å². The molecule has 0 radical (unpaired) electrons. The fraction of sp³-hybridized carbons (Fsp3) is 0.379. The molecule has 0 amide bonds. The molecule has 0 unspecified atom stereocenters. The van der Waals surface area contributed by atoms with E-state index < -0.39 is 5.92 Å². The minimum atomic E-state index is -0.464. The van der Waals surface area contributed by atoms with Gasteiger partial charge < -0.3 is 14.8 Å². The van der Waals surface area contributed by atoms with Crippen LogP contribution in [0.5, 0.6) is 5.75 Å². The number of aryl methyl sites for hydroxylation is 2. The molecule has 4 rings (SSSR count). The van der Waals surface area contributed by atoms with Crippen LogP contribution in [0.3, 0.4) is 0 Å². The molecule has 1 heterocycles. The fourth-order valence-corrected chi connectivity index (χ4v) is 5.34. The molecule has 0 fully saturated rings. The van der Waals surface area contributed by atoms with Gasteiger partial charge in [0.2, 0.25) is 0 Å². The lowest BCUT2D eigenvalue weighted by Crippen LogP contribution is -2.34. The Hall–Kier alpha value is -3.05. The lowest BCUT2D eigenvalue weighted by Gasteiger charge is -2.35. The number of rotatable bonds is 6. The lowest BCUT2D eigenvalue weighted by atomic mass is 9.73. The second-order valence-electron chi connectivity index (χ2n) is 9.32. The first kappa shape index (κ1) is 25.1. The number of esters is 1. The Morgan fingerprint density at radius 2 is 1.89 bits per heavy atom. The molecule has 5 nitrogen and oxygen atoms in total. The zero-order valence-electron chi connectivity index (χ0n) is 21.0. The summed E-state index contributed by atoms with van der Waals surface area (Å²) < 4.78 is 11.6. The van der Waals surface area contributed by atoms with Crippen molar-refractivity contribution in [2.75, 3.05) is 6.61 Å². The maximum Gasteiger partial charge on any atom is 0.336 e. The van der Waals surface area contributed by atoms with Crippen LogP contribution in [0.1, 0.15) is 66.8 Å². The Balaban J connectivity index is 1.80. The van der Waals surface area contributed by atoms with E-state index in [4.69, 9.17) is 21.1 Å². The summed E-state index contributed by atoms with van der Waals surface area (Å²) in [6.07, 6.45) is 2.09. The van der Waals surface area contributed by atoms with Crippen molar-refractivity contribution in [1.29, 1.82) is 0 Å². The number of Topliss-reactive ketones (excluding diaryl/α,β-unsaturated/α-hetero) is 1. The van der Waals surface area contributed by atoms with Gasteiger partial charge in [0, 0.05) is 34.3 Å². The number of hydrogen-bond donors (Lipinski definition) is 1. The first-order valence-electron chi connectivity index (χ1n) is 12.1. The molecule has 0 saturated heterocycles. The van der Waals surface area contributed by atoms with Gasteiger partial charge in [-0.2, -0.15) is 0 Å². The van der Waals surface area contributed by atoms with Crippen molar-refractivity contribution in [1.82, 2.24) is 5.32 Å². The average Bonchev–Trinajstić information content (AvgIpc) is 2.79. The molecule has 1 aliphatic heterocycles. The Labute approximate surface area is 212 Å². The minimum absolute atomic E-state index is 0.0912. The van der Waals surface area contributed by atoms with Crippen LogP contribution in [0.2, 0.25) is 5.02 Å². The van der Waals surface area contributed by atoms with Gasteiger partial charge in [-0.05, 0) is 87.9 Å². The van der Waals surface area contributed by atoms with Crippen LogP contribution >= 0.6 is 11.6 Å². The average molecular weight is 494 g/mol. The number of ether oxygens (including phenoxy) is 2. The third-order valence-corrected chi connectivity index (χ3v) is 7.04. The maximum atomic E-state index is 13.2. The Kier molecular flexibility index (Phi) is 7.36. The monoisotopic (exact) mass is 493 g/mol. The molecule has 2 aliphatic rings. The van der Waals surface area contributed by atoms with Gasteiger partial charge in [-0.15, -0.1) is 0 Å². The van der Waals surface area contributed by atoms with Gasteiger partial charge >= 0.3 is 5.97 Å². The van der Waals surface area contributed by atoms with Crippen LogP contribution in [0.15, 0.2) is 52.9 Å². The number of dihydropyridines is 1. The number of carbonyl (C=O) groups is 2. The highest BCUT2D eigenvalue weighted by atomic mass is 35.5. The summed E-state index contributed by atoms with van der Waals surface area (Å²) in [7, 11) is 0. The molecule has 1 aliphatic carbocycles. The van der Waals surface area contributed by atoms with Crippen molar-refractivity contribution in [3.63, 3.8) is 0 Å². The second-order valence-corrected chi connectivity index (χ2v) is 9.76. The number of nitrogens with one attached hydrogen (secondary N) is 1. The van der Waals surface area contributed by atoms with E-state index in [0.29, 0.717) is 29.2 Å². The minimum Gasteiger partial charge on any atom is -0.489 e. The number of benzene rings is 2. The summed E-state index contributed by atoms with van der Waals surface area (Å²) in [5.74, 6) is 0.0135. The Morgan fingerprint density at radius 1 is 1.11 bits per heavy atom. The van der Waals surface area contributed by atoms with Crippen LogP contribution in [-0.2, 0) is 20.9 Å². The number of carbonyl (C=O) groups excluding carboxylic acids is 2. The van der Waals surface area contributed by atoms with Gasteiger partial charge in [-0.1, -0.05) is 29.3 Å². The van der Waals surface area contributed by atoms with Crippen molar-refractivity contribution in [2.45, 2.75) is 66.4 Å². The zero-order valence-corrected chi connectivity index (χ0v) is 21.8. The summed E-state index contributed by atoms with van der Waals surface area (Å²) in [6, 6.07) is 9.75. The largest absolute Gasteiger partial charge is 0.489 e. The molecule has 1 N–H and O–H groups in total. The van der Waals surface area contributed by atoms with Gasteiger partial charge in [0.15, 0.2) is 5.78 Å². The van der Waals surface area contributed by atoms with Crippen LogP contribution in [0, 0.1) is 20.8 Å². The predicted octanol–water partition coefficient (Wildman–Crippen LogP) is 6.38. The molecule has 0 aromatic heterocycles. The van der Waals surface area contributed by atoms with E-state index in [2.05, 4.69) is 17.4 Å². The van der Waals surface area contributed by atoms with E-state index in [1.54, 1.807) is 6.92 Å². The summed E-state index contributed by atoms with van der Waals surface area (Å²) in [4.78, 5) is 26.3. The van der Waals surface area contributed by atoms with Gasteiger partial charge in [-0.25, -0.2) is 4.79 Å². The van der Waals surface area contributed by atoms with Gasteiger partial charge in [-0.3, -0.25) is 4.79 Å². The SMILES string of the molecule is CCOC(=O)C1=C(C)NC2=C(C(=O)CCC2)[C@H]1c1cc(C)cc(COc2ccc(Cl)cc2C)c1C. The highest BCUT2D eigenvalue weighted by Crippen LogP contribution is 2.44. The zero-order chi connectivity index (χ0) is 25.3. The molecule has 184 valence electrons. The number of allylic oxidation sites excluding steroid dienone is 3. The second kappa shape index (κ2) is 10.3. The standard InChI is InChI=1S/C29H32ClNO4/c1-6-34-29(33)26-19(5)31-23-8-7-9-24(32)28(23)27(26)22-13-16(2)12-20(18(22)4)15-35-25-11-10-21(30)14-17(25)3/h10-14,27,31H,6-9,15H2,1-5H3/t27-/m0/s1. The van der Waals surface area contributed by atoms with Gasteiger partial charge in [0.1, 0.15) is 12.4 Å². The van der Waals surface area contributed by atoms with Gasteiger partial charge in [0.25, 0.3) is 0 Å². The first-order valence-corrected chi connectivity index (χ1v) is 12.5. The quantitative estimate of drug-likeness (QED) is 0.473. The third kappa shape index (κ3) is 5.01. The lowest BCUT2D eigenvalue weighted by molar-refractivity contribution is -0.138. The van der Waals surface area contributed by atoms with E-state index >= 15 is 0 Å². The Bertz CT molecular complexity index is 1260. The molecule has 6 heteroatoms. The van der Waals surface area contributed by atoms with E-state index in [1.165, 1.54) is 0 Å². The number of halogens is 1. The predicted molar refractivity (Wildman–Crippen MR) is 138 cm³/mol. The van der Waals surface area contributed by atoms with E-state index in [0.717, 1.165) is 57.8 Å². The van der Waals surface area contributed by atoms with Crippen molar-refractivity contribution in [2.24, 2.45) is 0 Å². The van der Waals surface area contributed by atoms with Crippen molar-refractivity contribution in [3.05, 3.63) is 85.7 Å². The summed E-state index contributed by atoms with van der Waals surface area (Å²) in [5, 5.41) is 4.02. The molecular weight excluding hydrogens is 462 g/mol. The van der Waals surface area contributed by atoms with E-state index in [9.17, 15) is 9.59 Å². The summed E-state index contributed by atoms with van der Waals surface area (Å²) in [5.41, 5.74) is 7.85. The third-order valence-electron chi connectivity index (χ3n) is 6.80. The highest BCUT2D eigenvalue weighted by molar-refractivity contribution is 6.30. The first-order chi connectivity index (χ1) is 16.7. The summed E-state index contributed by atoms with van der Waals surface area (Å²) >= 11 is 6.09. The van der Waals surface area contributed by atoms with E-state index in [1.807, 2.05) is 45.9 Å². The van der Waals surface area contributed by atoms with Crippen LogP contribution in [0.4, 0.5) is 0 Å². The van der Waals surface area contributed by atoms with Crippen molar-refractivity contribution >= 4 is 23.4 Å². The molecule has 35 heavy (non-hydrogen) atoms. The molecular formula is C29H32ClNO4. The molecule has 2 aromatic rings. The number of ketones is 1.